The predicted octanol–water partition coefficient (Wildman–Crippen LogP) is 8.46. The molecule has 0 fully saturated rings. The molecular formula is C31H25N. The molecule has 0 atom stereocenters. The van der Waals surface area contributed by atoms with Gasteiger partial charge in [0.15, 0.2) is 0 Å². The number of nitrogens with zero attached hydrogens (tertiary/aromatic N) is 1. The summed E-state index contributed by atoms with van der Waals surface area (Å²) in [7, 11) is 2.13. The molecule has 0 heterocycles. The van der Waals surface area contributed by atoms with E-state index < -0.39 is 0 Å². The van der Waals surface area contributed by atoms with E-state index in [2.05, 4.69) is 145 Å². The molecule has 0 N–H and O–H groups in total. The van der Waals surface area contributed by atoms with Crippen LogP contribution in [0.3, 0.4) is 0 Å². The van der Waals surface area contributed by atoms with Crippen LogP contribution in [-0.4, -0.2) is 7.05 Å². The largest absolute Gasteiger partial charge is 0.344 e. The lowest BCUT2D eigenvalue weighted by Gasteiger charge is -2.23. The third-order valence-electron chi connectivity index (χ3n) is 5.93. The van der Waals surface area contributed by atoms with E-state index in [9.17, 15) is 0 Å². The van der Waals surface area contributed by atoms with Crippen LogP contribution in [0.4, 0.5) is 11.4 Å². The van der Waals surface area contributed by atoms with E-state index in [4.69, 9.17) is 0 Å². The summed E-state index contributed by atoms with van der Waals surface area (Å²) >= 11 is 0. The lowest BCUT2D eigenvalue weighted by Crippen LogP contribution is -2.10. The van der Waals surface area contributed by atoms with Crippen LogP contribution in [0.25, 0.3) is 33.4 Å². The number of anilines is 2. The first kappa shape index (κ1) is 19.8. The number of benzene rings is 5. The molecule has 0 aromatic heterocycles. The molecule has 5 aromatic carbocycles. The highest BCUT2D eigenvalue weighted by molar-refractivity contribution is 5.82. The first-order chi connectivity index (χ1) is 15.8. The van der Waals surface area contributed by atoms with Crippen molar-refractivity contribution in [2.45, 2.75) is 0 Å². The van der Waals surface area contributed by atoms with Crippen molar-refractivity contribution in [2.24, 2.45) is 0 Å². The van der Waals surface area contributed by atoms with Gasteiger partial charge in [0.05, 0.1) is 0 Å². The average Bonchev–Trinajstić information content (AvgIpc) is 2.89. The normalized spacial score (nSPS) is 10.7. The lowest BCUT2D eigenvalue weighted by atomic mass is 10.00. The number of hydrogen-bond acceptors (Lipinski definition) is 1. The van der Waals surface area contributed by atoms with Crippen molar-refractivity contribution in [1.82, 2.24) is 0 Å². The second kappa shape index (κ2) is 8.95. The van der Waals surface area contributed by atoms with Gasteiger partial charge in [-0.15, -0.1) is 0 Å². The molecular weight excluding hydrogens is 386 g/mol. The Balaban J connectivity index is 1.40. The zero-order valence-electron chi connectivity index (χ0n) is 18.1. The second-order valence-electron chi connectivity index (χ2n) is 7.93. The van der Waals surface area contributed by atoms with Crippen LogP contribution in [0, 0.1) is 0 Å². The molecule has 0 aliphatic rings. The van der Waals surface area contributed by atoms with Gasteiger partial charge in [0.25, 0.3) is 0 Å². The quantitative estimate of drug-likeness (QED) is 0.280. The minimum absolute atomic E-state index is 1.16. The van der Waals surface area contributed by atoms with E-state index in [1.54, 1.807) is 0 Å². The number of para-hydroxylation sites is 1. The van der Waals surface area contributed by atoms with Crippen LogP contribution in [0.5, 0.6) is 0 Å². The zero-order chi connectivity index (χ0) is 21.8. The van der Waals surface area contributed by atoms with E-state index in [1.807, 2.05) is 0 Å². The minimum atomic E-state index is 1.16. The van der Waals surface area contributed by atoms with E-state index in [-0.39, 0.29) is 0 Å². The molecule has 32 heavy (non-hydrogen) atoms. The first-order valence-corrected chi connectivity index (χ1v) is 10.9. The highest BCUT2D eigenvalue weighted by Gasteiger charge is 2.11. The van der Waals surface area contributed by atoms with Crippen LogP contribution < -0.4 is 4.90 Å². The fraction of sp³-hybridized carbons (Fsp3) is 0.0323. The summed E-state index contributed by atoms with van der Waals surface area (Å²) in [4.78, 5) is 2.25. The maximum atomic E-state index is 2.25. The molecule has 1 nitrogen and oxygen atoms in total. The summed E-state index contributed by atoms with van der Waals surface area (Å²) in [6.07, 6.45) is 0. The van der Waals surface area contributed by atoms with Crippen molar-refractivity contribution < 1.29 is 0 Å². The standard InChI is InChI=1S/C31H25N/c1-32(31-15-9-8-14-30(31)28-12-6-3-7-13-28)29-22-20-27(21-23-29)26-18-16-25(17-19-26)24-10-4-2-5-11-24/h2-23H,1H3. The van der Waals surface area contributed by atoms with Gasteiger partial charge in [0.2, 0.25) is 0 Å². The third-order valence-corrected chi connectivity index (χ3v) is 5.93. The van der Waals surface area contributed by atoms with Gasteiger partial charge in [-0.05, 0) is 46.0 Å². The predicted molar refractivity (Wildman–Crippen MR) is 137 cm³/mol. The highest BCUT2D eigenvalue weighted by Crippen LogP contribution is 2.35. The van der Waals surface area contributed by atoms with Crippen molar-refractivity contribution in [3.63, 3.8) is 0 Å². The molecule has 0 saturated carbocycles. The Morgan fingerprint density at radius 2 is 0.781 bits per heavy atom. The second-order valence-corrected chi connectivity index (χ2v) is 7.93. The Labute approximate surface area is 190 Å². The van der Waals surface area contributed by atoms with E-state index in [1.165, 1.54) is 39.1 Å². The van der Waals surface area contributed by atoms with Crippen molar-refractivity contribution in [3.05, 3.63) is 133 Å². The van der Waals surface area contributed by atoms with Crippen molar-refractivity contribution in [3.8, 4) is 33.4 Å². The van der Waals surface area contributed by atoms with Crippen molar-refractivity contribution in [1.29, 1.82) is 0 Å². The van der Waals surface area contributed by atoms with E-state index in [0.717, 1.165) is 5.69 Å². The molecule has 0 spiro atoms. The van der Waals surface area contributed by atoms with Crippen molar-refractivity contribution in [2.75, 3.05) is 11.9 Å². The molecule has 5 aromatic rings. The molecule has 154 valence electrons. The number of rotatable bonds is 5. The Bertz CT molecular complexity index is 1290. The summed E-state index contributed by atoms with van der Waals surface area (Å²) in [6, 6.07) is 47.2. The van der Waals surface area contributed by atoms with Gasteiger partial charge in [0.1, 0.15) is 0 Å². The lowest BCUT2D eigenvalue weighted by molar-refractivity contribution is 1.21. The highest BCUT2D eigenvalue weighted by atomic mass is 15.1. The van der Waals surface area contributed by atoms with Crippen LogP contribution >= 0.6 is 0 Å². The third kappa shape index (κ3) is 4.06. The Hall–Kier alpha value is -4.10. The van der Waals surface area contributed by atoms with Gasteiger partial charge < -0.3 is 4.90 Å². The van der Waals surface area contributed by atoms with E-state index >= 15 is 0 Å². The summed E-state index contributed by atoms with van der Waals surface area (Å²) in [5.74, 6) is 0. The summed E-state index contributed by atoms with van der Waals surface area (Å²) in [5.41, 5.74) is 9.75. The monoisotopic (exact) mass is 411 g/mol. The molecule has 0 amide bonds. The van der Waals surface area contributed by atoms with Crippen LogP contribution in [0.1, 0.15) is 0 Å². The van der Waals surface area contributed by atoms with Gasteiger partial charge in [-0.25, -0.2) is 0 Å². The van der Waals surface area contributed by atoms with Gasteiger partial charge in [-0.2, -0.15) is 0 Å². The van der Waals surface area contributed by atoms with Gasteiger partial charge in [-0.1, -0.05) is 115 Å². The number of hydrogen-bond donors (Lipinski definition) is 0. The molecule has 1 heteroatoms. The molecule has 0 unspecified atom stereocenters. The van der Waals surface area contributed by atoms with Crippen LogP contribution in [0.2, 0.25) is 0 Å². The summed E-state index contributed by atoms with van der Waals surface area (Å²) < 4.78 is 0. The minimum Gasteiger partial charge on any atom is -0.344 e. The van der Waals surface area contributed by atoms with Crippen LogP contribution in [0.15, 0.2) is 133 Å². The maximum Gasteiger partial charge on any atom is 0.0487 e. The summed E-state index contributed by atoms with van der Waals surface area (Å²) in [6.45, 7) is 0. The van der Waals surface area contributed by atoms with Gasteiger partial charge in [-0.3, -0.25) is 0 Å². The topological polar surface area (TPSA) is 3.24 Å². The SMILES string of the molecule is CN(c1ccc(-c2ccc(-c3ccccc3)cc2)cc1)c1ccccc1-c1ccccc1. The van der Waals surface area contributed by atoms with Crippen molar-refractivity contribution >= 4 is 11.4 Å². The fourth-order valence-electron chi connectivity index (χ4n) is 4.13. The zero-order valence-corrected chi connectivity index (χ0v) is 18.1. The Kier molecular flexibility index (Phi) is 5.55. The Morgan fingerprint density at radius 3 is 1.34 bits per heavy atom. The van der Waals surface area contributed by atoms with Crippen LogP contribution in [-0.2, 0) is 0 Å². The smallest absolute Gasteiger partial charge is 0.0487 e. The molecule has 0 bridgehead atoms. The van der Waals surface area contributed by atoms with Gasteiger partial charge in [0, 0.05) is 24.0 Å². The molecule has 0 aliphatic carbocycles. The molecule has 0 radical (unpaired) electrons. The average molecular weight is 412 g/mol. The van der Waals surface area contributed by atoms with Gasteiger partial charge >= 0.3 is 0 Å². The fourth-order valence-corrected chi connectivity index (χ4v) is 4.13. The molecule has 5 rings (SSSR count). The molecule has 0 aliphatic heterocycles. The summed E-state index contributed by atoms with van der Waals surface area (Å²) in [5, 5.41) is 0. The molecule has 0 saturated heterocycles. The first-order valence-electron chi connectivity index (χ1n) is 10.9. The maximum absolute atomic E-state index is 2.25. The Morgan fingerprint density at radius 1 is 0.375 bits per heavy atom. The van der Waals surface area contributed by atoms with E-state index in [0.29, 0.717) is 0 Å².